The average Bonchev–Trinajstić information content (AvgIpc) is 2.96. The van der Waals surface area contributed by atoms with E-state index in [9.17, 15) is 10.1 Å². The topological polar surface area (TPSA) is 73.0 Å². The molecule has 0 amide bonds. The summed E-state index contributed by atoms with van der Waals surface area (Å²) in [6, 6.07) is 33.1. The fourth-order valence-electron chi connectivity index (χ4n) is 3.88. The minimum Gasteiger partial charge on any atom is -0.486 e. The molecule has 0 atom stereocenters. The number of nitriles is 1. The predicted octanol–water partition coefficient (Wildman–Crippen LogP) is 8.09. The number of nitrogens with zero attached hydrogens (tertiary/aromatic N) is 4. The molecular weight excluding hydrogens is 472 g/mol. The van der Waals surface area contributed by atoms with Crippen LogP contribution >= 0.6 is 0 Å². The van der Waals surface area contributed by atoms with E-state index >= 15 is 0 Å². The smallest absolute Gasteiger partial charge is 0.333 e. The van der Waals surface area contributed by atoms with Gasteiger partial charge in [-0.25, -0.2) is 9.69 Å². The number of carboxylic acids is 1. The van der Waals surface area contributed by atoms with Gasteiger partial charge in [0.2, 0.25) is 0 Å². The molecule has 4 aromatic rings. The summed E-state index contributed by atoms with van der Waals surface area (Å²) in [4.78, 5) is 19.9. The largest absolute Gasteiger partial charge is 0.486 e. The Morgan fingerprint density at radius 1 is 0.816 bits per heavy atom. The molecule has 0 aliphatic carbocycles. The Morgan fingerprint density at radius 3 is 1.89 bits per heavy atom. The minimum atomic E-state index is -1.39. The van der Waals surface area contributed by atoms with Gasteiger partial charge in [-0.2, -0.15) is 5.26 Å². The van der Waals surface area contributed by atoms with Gasteiger partial charge >= 0.3 is 5.97 Å². The van der Waals surface area contributed by atoms with Crippen molar-refractivity contribution in [1.82, 2.24) is 0 Å². The van der Waals surface area contributed by atoms with Gasteiger partial charge < -0.3 is 10.0 Å². The number of para-hydroxylation sites is 2. The van der Waals surface area contributed by atoms with Crippen molar-refractivity contribution in [3.05, 3.63) is 148 Å². The van der Waals surface area contributed by atoms with Gasteiger partial charge in [-0.1, -0.05) is 60.7 Å². The first-order chi connectivity index (χ1) is 18.5. The lowest BCUT2D eigenvalue weighted by atomic mass is 10.0. The summed E-state index contributed by atoms with van der Waals surface area (Å²) < 4.78 is 0. The van der Waals surface area contributed by atoms with Crippen molar-refractivity contribution in [2.75, 3.05) is 4.90 Å². The van der Waals surface area contributed by atoms with E-state index < -0.39 is 11.7 Å². The summed E-state index contributed by atoms with van der Waals surface area (Å²) in [7, 11) is 0. The highest BCUT2D eigenvalue weighted by atomic mass is 16.4. The molecule has 0 fully saturated rings. The molecule has 0 bridgehead atoms. The molecule has 4 aromatic carbocycles. The molecular formula is C32H20N4O2. The van der Waals surface area contributed by atoms with Crippen LogP contribution in [0.3, 0.4) is 0 Å². The van der Waals surface area contributed by atoms with E-state index in [1.807, 2.05) is 72.8 Å². The molecule has 6 nitrogen and oxygen atoms in total. The van der Waals surface area contributed by atoms with Crippen LogP contribution in [-0.4, -0.2) is 11.1 Å². The number of aliphatic carboxylic acids is 1. The second-order valence-corrected chi connectivity index (χ2v) is 8.10. The second kappa shape index (κ2) is 11.7. The third-order valence-corrected chi connectivity index (χ3v) is 5.71. The molecule has 0 aliphatic rings. The zero-order chi connectivity index (χ0) is 26.9. The Kier molecular flexibility index (Phi) is 7.75. The van der Waals surface area contributed by atoms with Gasteiger partial charge in [0.15, 0.2) is 5.69 Å². The van der Waals surface area contributed by atoms with Gasteiger partial charge in [0.05, 0.1) is 24.8 Å². The molecule has 0 saturated carbocycles. The highest BCUT2D eigenvalue weighted by molar-refractivity contribution is 5.95. The van der Waals surface area contributed by atoms with Gasteiger partial charge in [-0.05, 0) is 71.3 Å². The Hall–Kier alpha value is -5.90. The van der Waals surface area contributed by atoms with Gasteiger partial charge in [-0.3, -0.25) is 4.79 Å². The monoisotopic (exact) mass is 492 g/mol. The molecule has 38 heavy (non-hydrogen) atoms. The quantitative estimate of drug-likeness (QED) is 0.161. The van der Waals surface area contributed by atoms with E-state index in [0.717, 1.165) is 28.7 Å². The van der Waals surface area contributed by atoms with Crippen LogP contribution in [0.15, 0.2) is 103 Å². The fraction of sp³-hybridized carbons (Fsp3) is 0. The van der Waals surface area contributed by atoms with Crippen molar-refractivity contribution >= 4 is 46.9 Å². The van der Waals surface area contributed by atoms with E-state index in [1.165, 1.54) is 12.1 Å². The van der Waals surface area contributed by atoms with E-state index in [0.29, 0.717) is 5.56 Å². The maximum absolute atomic E-state index is 11.2. The van der Waals surface area contributed by atoms with Gasteiger partial charge in [0.25, 0.3) is 5.70 Å². The first-order valence-electron chi connectivity index (χ1n) is 11.5. The lowest BCUT2D eigenvalue weighted by Crippen LogP contribution is -2.09. The molecule has 6 heteroatoms. The van der Waals surface area contributed by atoms with Crippen LogP contribution in [0.2, 0.25) is 0 Å². The number of carbonyl (C=O) groups is 1. The maximum atomic E-state index is 11.2. The lowest BCUT2D eigenvalue weighted by Gasteiger charge is -2.25. The van der Waals surface area contributed by atoms with Gasteiger partial charge in [0, 0.05) is 17.1 Å². The zero-order valence-corrected chi connectivity index (χ0v) is 20.1. The van der Waals surface area contributed by atoms with Crippen LogP contribution in [0.25, 0.3) is 27.9 Å². The molecule has 0 spiro atoms. The third-order valence-electron chi connectivity index (χ3n) is 5.71. The van der Waals surface area contributed by atoms with Crippen molar-refractivity contribution in [1.29, 1.82) is 5.26 Å². The van der Waals surface area contributed by atoms with Crippen molar-refractivity contribution in [3.8, 4) is 6.07 Å². The molecule has 0 saturated heterocycles. The fourth-order valence-corrected chi connectivity index (χ4v) is 3.88. The molecule has 0 aliphatic heterocycles. The Morgan fingerprint density at radius 2 is 1.39 bits per heavy atom. The molecule has 0 aromatic heterocycles. The predicted molar refractivity (Wildman–Crippen MR) is 150 cm³/mol. The zero-order valence-electron chi connectivity index (χ0n) is 20.1. The molecule has 0 radical (unpaired) electrons. The molecule has 1 N–H and O–H groups in total. The van der Waals surface area contributed by atoms with E-state index in [1.54, 1.807) is 6.08 Å². The van der Waals surface area contributed by atoms with E-state index in [-0.39, 0.29) is 16.8 Å². The second-order valence-electron chi connectivity index (χ2n) is 8.10. The van der Waals surface area contributed by atoms with Crippen molar-refractivity contribution < 1.29 is 9.90 Å². The highest BCUT2D eigenvalue weighted by Crippen LogP contribution is 2.34. The average molecular weight is 493 g/mol. The number of rotatable bonds is 7. The first kappa shape index (κ1) is 25.2. The van der Waals surface area contributed by atoms with Gasteiger partial charge in [0.1, 0.15) is 0 Å². The normalized spacial score (nSPS) is 10.8. The highest BCUT2D eigenvalue weighted by Gasteiger charge is 2.13. The summed E-state index contributed by atoms with van der Waals surface area (Å²) in [5.74, 6) is -1.39. The number of carboxylic acid groups (broad SMARTS) is 1. The maximum Gasteiger partial charge on any atom is 0.333 e. The number of benzene rings is 4. The van der Waals surface area contributed by atoms with Crippen molar-refractivity contribution in [2.45, 2.75) is 0 Å². The van der Waals surface area contributed by atoms with Crippen LogP contribution in [0.1, 0.15) is 22.3 Å². The van der Waals surface area contributed by atoms with Gasteiger partial charge in [-0.15, -0.1) is 0 Å². The number of hydrogen-bond donors (Lipinski definition) is 1. The summed E-state index contributed by atoms with van der Waals surface area (Å²) >= 11 is 0. The summed E-state index contributed by atoms with van der Waals surface area (Å²) in [5.41, 5.74) is 4.59. The third kappa shape index (κ3) is 5.66. The lowest BCUT2D eigenvalue weighted by molar-refractivity contribution is -0.132. The Balaban J connectivity index is 1.66. The van der Waals surface area contributed by atoms with Crippen LogP contribution < -0.4 is 4.90 Å². The van der Waals surface area contributed by atoms with Crippen LogP contribution in [-0.2, 0) is 4.79 Å². The van der Waals surface area contributed by atoms with Crippen LogP contribution in [0.5, 0.6) is 0 Å². The minimum absolute atomic E-state index is 0.177. The molecule has 0 heterocycles. The molecule has 180 valence electrons. The Bertz CT molecular complexity index is 1610. The van der Waals surface area contributed by atoms with Crippen molar-refractivity contribution in [3.63, 3.8) is 0 Å². The van der Waals surface area contributed by atoms with Crippen molar-refractivity contribution in [2.24, 2.45) is 0 Å². The standard InChI is InChI=1S/C32H20N4O2/c1-34-30-20-25(21-31(35-2)32(37)38)26(22-33)19-24(30)16-13-23-14-17-29(18-15-23)36(27-9-5-3-6-10-27)28-11-7-4-8-12-28/h3-21H,(H,37,38)/b16-13+,31-21-. The number of anilines is 3. The molecule has 0 unspecified atom stereocenters. The molecule has 4 rings (SSSR count). The number of hydrogen-bond acceptors (Lipinski definition) is 3. The van der Waals surface area contributed by atoms with Crippen LogP contribution in [0, 0.1) is 24.5 Å². The summed E-state index contributed by atoms with van der Waals surface area (Å²) in [6.07, 6.45) is 4.71. The van der Waals surface area contributed by atoms with E-state index in [2.05, 4.69) is 38.9 Å². The Labute approximate surface area is 220 Å². The summed E-state index contributed by atoms with van der Waals surface area (Å²) in [5, 5.41) is 18.7. The van der Waals surface area contributed by atoms with E-state index in [4.69, 9.17) is 18.3 Å². The SMILES string of the molecule is [C-]#[N+]/C(=C\c1cc([N+]#[C-])c(/C=C/c2ccc(N(c3ccccc3)c3ccccc3)cc2)cc1C#N)C(=O)O. The first-order valence-corrected chi connectivity index (χ1v) is 11.5. The van der Waals surface area contributed by atoms with Crippen LogP contribution in [0.4, 0.5) is 22.7 Å². The summed E-state index contributed by atoms with van der Waals surface area (Å²) in [6.45, 7) is 14.6.